The van der Waals surface area contributed by atoms with E-state index in [1.165, 1.54) is 29.3 Å². The summed E-state index contributed by atoms with van der Waals surface area (Å²) < 4.78 is 6.56. The maximum absolute atomic E-state index is 13.2. The fraction of sp³-hybridized carbons (Fsp3) is 0.400. The minimum absolute atomic E-state index is 0.0169. The van der Waals surface area contributed by atoms with Gasteiger partial charge in [-0.25, -0.2) is 0 Å². The molecule has 1 aliphatic carbocycles. The monoisotopic (exact) mass is 580 g/mol. The highest BCUT2D eigenvalue weighted by atomic mass is 16.5. The van der Waals surface area contributed by atoms with E-state index >= 15 is 0 Å². The van der Waals surface area contributed by atoms with Crippen LogP contribution in [0.3, 0.4) is 0 Å². The van der Waals surface area contributed by atoms with E-state index in [4.69, 9.17) is 4.74 Å². The van der Waals surface area contributed by atoms with Gasteiger partial charge in [0.15, 0.2) is 0 Å². The van der Waals surface area contributed by atoms with Crippen LogP contribution in [0.15, 0.2) is 71.5 Å². The summed E-state index contributed by atoms with van der Waals surface area (Å²) in [5.41, 5.74) is 6.64. The Morgan fingerprint density at radius 2 is 1.91 bits per heavy atom. The van der Waals surface area contributed by atoms with Gasteiger partial charge in [0.05, 0.1) is 12.6 Å². The summed E-state index contributed by atoms with van der Waals surface area (Å²) in [4.78, 5) is 41.0. The second-order valence-corrected chi connectivity index (χ2v) is 12.5. The molecule has 0 radical (unpaired) electrons. The van der Waals surface area contributed by atoms with E-state index in [0.29, 0.717) is 24.4 Å². The summed E-state index contributed by atoms with van der Waals surface area (Å²) in [7, 11) is 2.17. The van der Waals surface area contributed by atoms with Gasteiger partial charge < -0.3 is 25.2 Å². The number of nitrogens with zero attached hydrogens (tertiary/aromatic N) is 2. The second-order valence-electron chi connectivity index (χ2n) is 12.5. The molecule has 4 aliphatic rings. The number of fused-ring (bicyclic) bond motifs is 3. The summed E-state index contributed by atoms with van der Waals surface area (Å²) in [5.74, 6) is 0.873. The average Bonchev–Trinajstić information content (AvgIpc) is 3.56. The second kappa shape index (κ2) is 11.4. The van der Waals surface area contributed by atoms with Crippen LogP contribution in [0.5, 0.6) is 5.75 Å². The first-order chi connectivity index (χ1) is 20.6. The number of ether oxygens (including phenoxy) is 1. The molecule has 8 heteroatoms. The number of likely N-dealkylation sites (N-methyl/N-ethyl adjacent to an activating group) is 1. The molecule has 2 atom stereocenters. The van der Waals surface area contributed by atoms with Gasteiger partial charge in [0, 0.05) is 48.9 Å². The number of rotatable bonds is 6. The Balaban J connectivity index is 1.19. The van der Waals surface area contributed by atoms with Crippen LogP contribution in [0, 0.1) is 0 Å². The van der Waals surface area contributed by atoms with Gasteiger partial charge in [-0.05, 0) is 73.1 Å². The summed E-state index contributed by atoms with van der Waals surface area (Å²) in [5, 5.41) is 5.53. The van der Waals surface area contributed by atoms with Crippen molar-refractivity contribution in [2.75, 3.05) is 30.4 Å². The molecule has 2 unspecified atom stereocenters. The molecule has 224 valence electrons. The predicted molar refractivity (Wildman–Crippen MR) is 169 cm³/mol. The van der Waals surface area contributed by atoms with Gasteiger partial charge in [0.1, 0.15) is 17.6 Å². The Hall–Kier alpha value is -4.33. The number of nitrogens with one attached hydrogen (secondary N) is 2. The third kappa shape index (κ3) is 5.46. The molecule has 0 aromatic heterocycles. The molecule has 6 rings (SSSR count). The summed E-state index contributed by atoms with van der Waals surface area (Å²) in [6.07, 6.45) is 11.1. The molecule has 0 bridgehead atoms. The molecule has 43 heavy (non-hydrogen) atoms. The molecule has 1 fully saturated rings. The highest BCUT2D eigenvalue weighted by molar-refractivity contribution is 5.98. The normalized spacial score (nSPS) is 22.0. The summed E-state index contributed by atoms with van der Waals surface area (Å²) >= 11 is 0. The lowest BCUT2D eigenvalue weighted by molar-refractivity contribution is -0.136. The highest BCUT2D eigenvalue weighted by Crippen LogP contribution is 2.45. The Kier molecular flexibility index (Phi) is 7.63. The summed E-state index contributed by atoms with van der Waals surface area (Å²) in [6, 6.07) is 14.0. The van der Waals surface area contributed by atoms with Crippen LogP contribution in [0.1, 0.15) is 64.0 Å². The predicted octanol–water partition coefficient (Wildman–Crippen LogP) is 5.32. The number of hydrogen-bond donors (Lipinski definition) is 2. The van der Waals surface area contributed by atoms with E-state index in [9.17, 15) is 14.4 Å². The molecular weight excluding hydrogens is 540 g/mol. The number of carbonyl (C=O) groups excluding carboxylic acids is 3. The van der Waals surface area contributed by atoms with Gasteiger partial charge in [-0.2, -0.15) is 0 Å². The number of anilines is 2. The van der Waals surface area contributed by atoms with Gasteiger partial charge in [-0.1, -0.05) is 44.2 Å². The fourth-order valence-electron chi connectivity index (χ4n) is 7.01. The molecule has 3 amide bonds. The van der Waals surface area contributed by atoms with Crippen molar-refractivity contribution in [2.45, 2.75) is 70.4 Å². The number of carbonyl (C=O) groups is 3. The zero-order valence-electron chi connectivity index (χ0n) is 25.4. The molecule has 3 aliphatic heterocycles. The smallest absolute Gasteiger partial charge is 0.247 e. The van der Waals surface area contributed by atoms with Crippen molar-refractivity contribution >= 4 is 35.2 Å². The Morgan fingerprint density at radius 1 is 1.09 bits per heavy atom. The standard InChI is InChI=1S/C35H40N4O4/c1-22(40)36-21-32(41)39-18-8-13-29(39)34(42)37-26-16-14-24-19-25-10-7-9-23(33(25)43-30(24)20-26)15-17-31-35(2,3)27-11-5-6-12-28(27)38(31)4/h5-6,11-12,14-17,19-20,29,31H,7-10,13,18,21H2,1-4H3,(H,36,40)(H,37,42)/b17-15+. The minimum atomic E-state index is -0.563. The molecule has 0 spiro atoms. The van der Waals surface area contributed by atoms with E-state index in [1.807, 2.05) is 18.2 Å². The van der Waals surface area contributed by atoms with Crippen LogP contribution >= 0.6 is 0 Å². The van der Waals surface area contributed by atoms with Crippen molar-refractivity contribution in [2.24, 2.45) is 0 Å². The van der Waals surface area contributed by atoms with E-state index in [0.717, 1.165) is 37.0 Å². The molecule has 2 aromatic rings. The quantitative estimate of drug-likeness (QED) is 0.483. The SMILES string of the molecule is CC(=O)NCC(=O)N1CCCC1C(=O)Nc1ccc2c(c1)OC1=C(/C=C/C3N(C)c4ccccc4C3(C)C)CCCC1=C2. The zero-order chi connectivity index (χ0) is 30.3. The van der Waals surface area contributed by atoms with Gasteiger partial charge in [-0.15, -0.1) is 0 Å². The van der Waals surface area contributed by atoms with Crippen LogP contribution in [-0.4, -0.2) is 54.8 Å². The first-order valence-corrected chi connectivity index (χ1v) is 15.2. The molecule has 2 aromatic carbocycles. The zero-order valence-corrected chi connectivity index (χ0v) is 25.4. The average molecular weight is 581 g/mol. The van der Waals surface area contributed by atoms with Gasteiger partial charge in [-0.3, -0.25) is 14.4 Å². The van der Waals surface area contributed by atoms with Crippen LogP contribution in [0.25, 0.3) is 6.08 Å². The van der Waals surface area contributed by atoms with Gasteiger partial charge in [0.2, 0.25) is 17.7 Å². The van der Waals surface area contributed by atoms with Crippen LogP contribution in [-0.2, 0) is 19.8 Å². The van der Waals surface area contributed by atoms with Crippen molar-refractivity contribution in [3.63, 3.8) is 0 Å². The molecular formula is C35H40N4O4. The van der Waals surface area contributed by atoms with Crippen LogP contribution in [0.2, 0.25) is 0 Å². The lowest BCUT2D eigenvalue weighted by Crippen LogP contribution is -2.46. The van der Waals surface area contributed by atoms with E-state index in [1.54, 1.807) is 4.90 Å². The number of amides is 3. The molecule has 8 nitrogen and oxygen atoms in total. The number of hydrogen-bond acceptors (Lipinski definition) is 5. The number of benzene rings is 2. The number of para-hydroxylation sites is 1. The van der Waals surface area contributed by atoms with E-state index in [2.05, 4.69) is 78.9 Å². The molecule has 0 saturated carbocycles. The number of likely N-dealkylation sites (tertiary alicyclic amines) is 1. The van der Waals surface area contributed by atoms with Crippen molar-refractivity contribution in [3.05, 3.63) is 82.6 Å². The van der Waals surface area contributed by atoms with E-state index in [-0.39, 0.29) is 35.7 Å². The van der Waals surface area contributed by atoms with Gasteiger partial charge in [0.25, 0.3) is 0 Å². The lowest BCUT2D eigenvalue weighted by Gasteiger charge is -2.30. The first kappa shape index (κ1) is 28.8. The topological polar surface area (TPSA) is 91.0 Å². The van der Waals surface area contributed by atoms with Crippen molar-refractivity contribution in [1.82, 2.24) is 10.2 Å². The Morgan fingerprint density at radius 3 is 2.70 bits per heavy atom. The molecule has 1 saturated heterocycles. The minimum Gasteiger partial charge on any atom is -0.456 e. The molecule has 2 N–H and O–H groups in total. The maximum atomic E-state index is 13.2. The Bertz CT molecular complexity index is 1570. The van der Waals surface area contributed by atoms with Gasteiger partial charge >= 0.3 is 0 Å². The third-order valence-corrected chi connectivity index (χ3v) is 9.28. The van der Waals surface area contributed by atoms with Crippen LogP contribution in [0.4, 0.5) is 11.4 Å². The van der Waals surface area contributed by atoms with Crippen LogP contribution < -0.4 is 20.3 Å². The fourth-order valence-corrected chi connectivity index (χ4v) is 7.01. The maximum Gasteiger partial charge on any atom is 0.247 e. The Labute approximate surface area is 253 Å². The van der Waals surface area contributed by atoms with E-state index < -0.39 is 6.04 Å². The molecule has 3 heterocycles. The first-order valence-electron chi connectivity index (χ1n) is 15.2. The van der Waals surface area contributed by atoms with Crippen molar-refractivity contribution in [1.29, 1.82) is 0 Å². The third-order valence-electron chi connectivity index (χ3n) is 9.28. The number of allylic oxidation sites excluding steroid dienone is 3. The van der Waals surface area contributed by atoms with Crippen molar-refractivity contribution in [3.8, 4) is 5.75 Å². The summed E-state index contributed by atoms with van der Waals surface area (Å²) in [6.45, 7) is 6.38. The lowest BCUT2D eigenvalue weighted by atomic mass is 9.80. The highest BCUT2D eigenvalue weighted by Gasteiger charge is 2.41. The largest absolute Gasteiger partial charge is 0.456 e. The van der Waals surface area contributed by atoms with Crippen molar-refractivity contribution < 1.29 is 19.1 Å².